The Morgan fingerprint density at radius 3 is 2.81 bits per heavy atom. The number of fused-ring (bicyclic) bond motifs is 4. The van der Waals surface area contributed by atoms with Gasteiger partial charge in [0.25, 0.3) is 0 Å². The van der Waals surface area contributed by atoms with Gasteiger partial charge in [-0.15, -0.1) is 0 Å². The minimum absolute atomic E-state index is 0.0623. The summed E-state index contributed by atoms with van der Waals surface area (Å²) in [5.41, 5.74) is 13.2. The van der Waals surface area contributed by atoms with Crippen LogP contribution in [-0.2, 0) is 17.6 Å². The molecule has 0 spiro atoms. The fraction of sp³-hybridized carbons (Fsp3) is 0.405. The molecule has 2 bridgehead atoms. The van der Waals surface area contributed by atoms with Crippen LogP contribution in [0.3, 0.4) is 0 Å². The standard InChI is InChI=1S/C37H42N4O7/c1-2-4-23(42)15-25(44)16-24(43)8-7-21-14-35(34(47)17-33(21)46)48-36-6-3-5-32(45)27-9-10-28-26(11-12-39-37(28)38)29(27)13-22-18-40-31-20-41(36)19-30(22)31/h9-12,14,17-19,23,25,32,36-37,39,42,44-47H,2,4,6-8,13,15-16,20,38H2,1H3/p+1. The van der Waals surface area contributed by atoms with Crippen LogP contribution < -0.4 is 20.7 Å². The molecular weight excluding hydrogens is 612 g/mol. The number of quaternary nitrogens is 1. The van der Waals surface area contributed by atoms with Gasteiger partial charge in [-0.1, -0.05) is 37.3 Å². The Hall–Kier alpha value is -4.44. The second kappa shape index (κ2) is 14.4. The van der Waals surface area contributed by atoms with Crippen LogP contribution in [-0.4, -0.2) is 62.0 Å². The number of aromatic hydroxyl groups is 2. The van der Waals surface area contributed by atoms with E-state index in [4.69, 9.17) is 15.5 Å². The largest absolute Gasteiger partial charge is 0.508 e. The third-order valence-electron chi connectivity index (χ3n) is 9.36. The summed E-state index contributed by atoms with van der Waals surface area (Å²) < 4.78 is 6.37. The smallest absolute Gasteiger partial charge is 0.247 e. The molecule has 6 rings (SSSR count). The lowest BCUT2D eigenvalue weighted by molar-refractivity contribution is -0.882. The zero-order valence-electron chi connectivity index (χ0n) is 26.9. The van der Waals surface area contributed by atoms with Crippen LogP contribution in [0.4, 0.5) is 0 Å². The summed E-state index contributed by atoms with van der Waals surface area (Å²) in [6, 6.07) is 6.52. The summed E-state index contributed by atoms with van der Waals surface area (Å²) in [7, 11) is 0. The molecule has 48 heavy (non-hydrogen) atoms. The summed E-state index contributed by atoms with van der Waals surface area (Å²) in [6.07, 6.45) is 6.54. The lowest BCUT2D eigenvalue weighted by atomic mass is 9.86. The highest BCUT2D eigenvalue weighted by Gasteiger charge is 2.37. The number of phenols is 2. The van der Waals surface area contributed by atoms with E-state index < -0.39 is 24.5 Å². The number of benzene rings is 2. The molecule has 6 atom stereocenters. The Bertz CT molecular complexity index is 1770. The lowest BCUT2D eigenvalue weighted by Gasteiger charge is -2.25. The number of nitrogens with two attached hydrogens (primary N) is 1. The molecule has 252 valence electrons. The van der Waals surface area contributed by atoms with Gasteiger partial charge in [0, 0.05) is 31.5 Å². The Balaban J connectivity index is 1.22. The maximum absolute atomic E-state index is 12.6. The fourth-order valence-electron chi connectivity index (χ4n) is 6.82. The molecule has 0 saturated carbocycles. The van der Waals surface area contributed by atoms with Gasteiger partial charge in [-0.25, -0.2) is 0 Å². The van der Waals surface area contributed by atoms with Crippen molar-refractivity contribution >= 4 is 17.6 Å². The number of allylic oxidation sites excluding steroid dienone is 1. The Morgan fingerprint density at radius 2 is 2.00 bits per heavy atom. The number of aliphatic hydroxyl groups excluding tert-OH is 3. The van der Waals surface area contributed by atoms with Gasteiger partial charge in [0.05, 0.1) is 17.8 Å². The van der Waals surface area contributed by atoms with E-state index in [-0.39, 0.29) is 61.3 Å². The number of aliphatic imine (C=N–C) groups is 1. The van der Waals surface area contributed by atoms with Crippen LogP contribution in [0, 0.1) is 11.8 Å². The quantitative estimate of drug-likeness (QED) is 0.168. The number of carbonyl (C=O) groups is 1. The van der Waals surface area contributed by atoms with Crippen LogP contribution >= 0.6 is 0 Å². The topological polar surface area (TPSA) is 182 Å². The highest BCUT2D eigenvalue weighted by Crippen LogP contribution is 2.36. The molecule has 2 aromatic carbocycles. The highest BCUT2D eigenvalue weighted by atomic mass is 16.5. The van der Waals surface area contributed by atoms with E-state index in [1.54, 1.807) is 0 Å². The van der Waals surface area contributed by atoms with Crippen LogP contribution in [0.1, 0.15) is 85.5 Å². The maximum atomic E-state index is 12.6. The van der Waals surface area contributed by atoms with Gasteiger partial charge in [0.15, 0.2) is 11.5 Å². The summed E-state index contributed by atoms with van der Waals surface area (Å²) in [6.45, 7) is 2.48. The molecule has 6 unspecified atom stereocenters. The first-order valence-electron chi connectivity index (χ1n) is 16.5. The number of carbonyl (C=O) groups excluding carboxylic acids is 1. The van der Waals surface area contributed by atoms with Crippen LogP contribution in [0.25, 0.3) is 6.08 Å². The number of ether oxygens (including phenoxy) is 1. The first-order chi connectivity index (χ1) is 23.1. The second-order valence-electron chi connectivity index (χ2n) is 12.9. The Morgan fingerprint density at radius 1 is 1.19 bits per heavy atom. The van der Waals surface area contributed by atoms with Gasteiger partial charge in [-0.05, 0) is 71.0 Å². The van der Waals surface area contributed by atoms with Gasteiger partial charge >= 0.3 is 0 Å². The predicted molar refractivity (Wildman–Crippen MR) is 180 cm³/mol. The molecule has 11 nitrogen and oxygen atoms in total. The molecule has 0 amide bonds. The first kappa shape index (κ1) is 33.5. The van der Waals surface area contributed by atoms with Gasteiger partial charge < -0.3 is 41.3 Å². The number of aryl methyl sites for hydroxylation is 1. The minimum atomic E-state index is -1.05. The van der Waals surface area contributed by atoms with E-state index in [0.717, 1.165) is 44.9 Å². The van der Waals surface area contributed by atoms with E-state index in [2.05, 4.69) is 23.4 Å². The van der Waals surface area contributed by atoms with Crippen molar-refractivity contribution in [2.75, 3.05) is 6.54 Å². The number of nitrogens with one attached hydrogen (secondary N) is 2. The van der Waals surface area contributed by atoms with Crippen molar-refractivity contribution in [1.82, 2.24) is 5.32 Å². The van der Waals surface area contributed by atoms with E-state index in [9.17, 15) is 30.3 Å². The molecule has 0 saturated heterocycles. The Kier molecular flexibility index (Phi) is 10.0. The van der Waals surface area contributed by atoms with Crippen molar-refractivity contribution < 1.29 is 40.0 Å². The van der Waals surface area contributed by atoms with Gasteiger partial charge in [0.1, 0.15) is 48.7 Å². The van der Waals surface area contributed by atoms with Gasteiger partial charge in [-0.3, -0.25) is 14.7 Å². The Labute approximate surface area is 279 Å². The molecule has 0 aliphatic carbocycles. The summed E-state index contributed by atoms with van der Waals surface area (Å²) >= 11 is 0. The number of ketones is 1. The van der Waals surface area contributed by atoms with E-state index in [1.165, 1.54) is 12.1 Å². The van der Waals surface area contributed by atoms with Crippen molar-refractivity contribution in [3.63, 3.8) is 0 Å². The molecular formula is C37H43N4O7+. The molecule has 0 radical (unpaired) electrons. The minimum Gasteiger partial charge on any atom is -0.508 e. The average Bonchev–Trinajstić information content (AvgIpc) is 3.62. The number of phenolic OH excluding ortho intramolecular Hbond substituents is 2. The summed E-state index contributed by atoms with van der Waals surface area (Å²) in [5, 5.41) is 55.9. The van der Waals surface area contributed by atoms with Crippen LogP contribution in [0.5, 0.6) is 17.2 Å². The van der Waals surface area contributed by atoms with Crippen molar-refractivity contribution in [2.45, 2.75) is 89.0 Å². The molecule has 2 aromatic rings. The third-order valence-corrected chi connectivity index (χ3v) is 9.36. The third kappa shape index (κ3) is 7.18. The second-order valence-corrected chi connectivity index (χ2v) is 12.9. The van der Waals surface area contributed by atoms with Gasteiger partial charge in [0.2, 0.25) is 6.23 Å². The number of aliphatic hydroxyl groups is 3. The van der Waals surface area contributed by atoms with Crippen molar-refractivity contribution in [1.29, 1.82) is 0 Å². The first-order valence-corrected chi connectivity index (χ1v) is 16.5. The molecule has 9 N–H and O–H groups in total. The number of rotatable bonds is 11. The fourth-order valence-corrected chi connectivity index (χ4v) is 6.82. The number of hydrogen-bond acceptors (Lipinski definition) is 10. The lowest BCUT2D eigenvalue weighted by Crippen LogP contribution is -3.12. The molecule has 0 aromatic heterocycles. The van der Waals surface area contributed by atoms with E-state index >= 15 is 0 Å². The summed E-state index contributed by atoms with van der Waals surface area (Å²) in [5.74, 6) is 5.60. The van der Waals surface area contributed by atoms with E-state index in [0.29, 0.717) is 30.5 Å². The molecule has 4 aliphatic heterocycles. The number of nitrogens with zero attached hydrogens (tertiary/aromatic N) is 1. The van der Waals surface area contributed by atoms with Gasteiger partial charge in [-0.2, -0.15) is 0 Å². The number of Topliss-reactive ketones (excluding diaryl/α,β-unsaturated/α-hetero) is 1. The zero-order valence-corrected chi connectivity index (χ0v) is 26.9. The van der Waals surface area contributed by atoms with Crippen molar-refractivity contribution in [2.24, 2.45) is 10.7 Å². The molecule has 4 heterocycles. The predicted octanol–water partition coefficient (Wildman–Crippen LogP) is 1.94. The molecule has 4 aliphatic rings. The van der Waals surface area contributed by atoms with E-state index in [1.807, 2.05) is 37.5 Å². The molecule has 11 heteroatoms. The summed E-state index contributed by atoms with van der Waals surface area (Å²) in [4.78, 5) is 18.2. The van der Waals surface area contributed by atoms with Crippen molar-refractivity contribution in [3.8, 4) is 29.1 Å². The zero-order chi connectivity index (χ0) is 33.9. The highest BCUT2D eigenvalue weighted by molar-refractivity contribution is 6.08. The van der Waals surface area contributed by atoms with Crippen LogP contribution in [0.2, 0.25) is 0 Å². The normalized spacial score (nSPS) is 23.5. The number of hydrogen-bond donors (Lipinski definition) is 8. The molecule has 0 fully saturated rings. The average molecular weight is 656 g/mol. The maximum Gasteiger partial charge on any atom is 0.247 e. The van der Waals surface area contributed by atoms with Crippen molar-refractivity contribution in [3.05, 3.63) is 81.8 Å². The van der Waals surface area contributed by atoms with Crippen LogP contribution in [0.15, 0.2) is 59.0 Å². The SMILES string of the molecule is CCCC(O)CC(O)CC(=O)CCc1cc(OC2CC#CC(O)c3ccc4c(c3CC3=CN=C5C[NH+]2C=C35)C=CNC4N)c(O)cc1O. The monoisotopic (exact) mass is 655 g/mol.